The molecule has 10 heteroatoms. The van der Waals surface area contributed by atoms with Gasteiger partial charge >= 0.3 is 0 Å². The van der Waals surface area contributed by atoms with E-state index in [1.54, 1.807) is 0 Å². The summed E-state index contributed by atoms with van der Waals surface area (Å²) in [7, 11) is -6.01. The maximum Gasteiger partial charge on any atom is 0.240 e. The molecule has 0 unspecified atom stereocenters. The summed E-state index contributed by atoms with van der Waals surface area (Å²) in [6.45, 7) is 0.186. The molecule has 0 heterocycles. The maximum absolute atomic E-state index is 12.4. The Bertz CT molecular complexity index is 756. The normalized spacial score (nSPS) is 18.2. The number of sulfonamides is 2. The average molecular weight is 412 g/mol. The first-order valence-electron chi connectivity index (χ1n) is 8.01. The van der Waals surface area contributed by atoms with Gasteiger partial charge in [-0.1, -0.05) is 25.7 Å². The van der Waals surface area contributed by atoms with Crippen LogP contribution >= 0.6 is 12.4 Å². The standard InChI is InChI=1S/C15H25N3O4S2.ClH/c1-17-23(19,20)13-6-8-14(9-7-13)24(21,22)18-12-15(16)10-4-2-3-5-11-15;/h6-9,17-18H,2-5,10-12,16H2,1H3;1H. The van der Waals surface area contributed by atoms with E-state index in [0.717, 1.165) is 38.5 Å². The third kappa shape index (κ3) is 5.90. The van der Waals surface area contributed by atoms with Gasteiger partial charge in [0.05, 0.1) is 9.79 Å². The average Bonchev–Trinajstić information content (AvgIpc) is 2.78. The quantitative estimate of drug-likeness (QED) is 0.610. The van der Waals surface area contributed by atoms with Crippen molar-refractivity contribution in [2.75, 3.05) is 13.6 Å². The summed E-state index contributed by atoms with van der Waals surface area (Å²) >= 11 is 0. The Hall–Kier alpha value is -0.710. The van der Waals surface area contributed by atoms with Crippen molar-refractivity contribution >= 4 is 32.5 Å². The Balaban J connectivity index is 0.00000312. The lowest BCUT2D eigenvalue weighted by Crippen LogP contribution is -2.49. The van der Waals surface area contributed by atoms with E-state index >= 15 is 0 Å². The molecule has 0 radical (unpaired) electrons. The van der Waals surface area contributed by atoms with Gasteiger partial charge in [0, 0.05) is 12.1 Å². The molecule has 4 N–H and O–H groups in total. The van der Waals surface area contributed by atoms with E-state index in [-0.39, 0.29) is 28.7 Å². The van der Waals surface area contributed by atoms with Crippen LogP contribution in [0, 0.1) is 0 Å². The summed E-state index contributed by atoms with van der Waals surface area (Å²) in [5.41, 5.74) is 5.81. The molecule has 1 aliphatic rings. The molecular formula is C15H26ClN3O4S2. The first-order chi connectivity index (χ1) is 11.2. The molecule has 1 aromatic carbocycles. The van der Waals surface area contributed by atoms with Crippen LogP contribution in [0.5, 0.6) is 0 Å². The highest BCUT2D eigenvalue weighted by Gasteiger charge is 2.28. The predicted octanol–water partition coefficient (Wildman–Crippen LogP) is 1.35. The molecule has 0 aromatic heterocycles. The third-order valence-corrected chi connectivity index (χ3v) is 7.27. The van der Waals surface area contributed by atoms with Crippen LogP contribution in [-0.4, -0.2) is 36.0 Å². The predicted molar refractivity (Wildman–Crippen MR) is 99.7 cm³/mol. The lowest BCUT2D eigenvalue weighted by atomic mass is 9.92. The van der Waals surface area contributed by atoms with Crippen molar-refractivity contribution in [3.8, 4) is 0 Å². The van der Waals surface area contributed by atoms with E-state index in [4.69, 9.17) is 5.73 Å². The maximum atomic E-state index is 12.4. The van der Waals surface area contributed by atoms with E-state index < -0.39 is 25.6 Å². The van der Waals surface area contributed by atoms with Gasteiger partial charge in [0.25, 0.3) is 0 Å². The highest BCUT2D eigenvalue weighted by atomic mass is 35.5. The zero-order valence-corrected chi connectivity index (χ0v) is 16.6. The van der Waals surface area contributed by atoms with Crippen LogP contribution in [0.2, 0.25) is 0 Å². The monoisotopic (exact) mass is 411 g/mol. The zero-order chi connectivity index (χ0) is 17.8. The van der Waals surface area contributed by atoms with Crippen molar-refractivity contribution < 1.29 is 16.8 Å². The van der Waals surface area contributed by atoms with E-state index in [1.165, 1.54) is 31.3 Å². The molecule has 1 aliphatic carbocycles. The summed E-state index contributed by atoms with van der Waals surface area (Å²) in [6.07, 6.45) is 5.88. The first-order valence-corrected chi connectivity index (χ1v) is 11.0. The Morgan fingerprint density at radius 1 is 0.920 bits per heavy atom. The fraction of sp³-hybridized carbons (Fsp3) is 0.600. The Morgan fingerprint density at radius 3 is 1.80 bits per heavy atom. The zero-order valence-electron chi connectivity index (χ0n) is 14.2. The van der Waals surface area contributed by atoms with Crippen molar-refractivity contribution in [3.63, 3.8) is 0 Å². The summed E-state index contributed by atoms with van der Waals surface area (Å²) in [5, 5.41) is 0. The van der Waals surface area contributed by atoms with Crippen LogP contribution in [-0.2, 0) is 20.0 Å². The van der Waals surface area contributed by atoms with E-state index in [1.807, 2.05) is 0 Å². The minimum atomic E-state index is -3.72. The van der Waals surface area contributed by atoms with Crippen molar-refractivity contribution in [2.45, 2.75) is 53.9 Å². The fourth-order valence-electron chi connectivity index (χ4n) is 2.85. The van der Waals surface area contributed by atoms with E-state index in [2.05, 4.69) is 9.44 Å². The van der Waals surface area contributed by atoms with E-state index in [9.17, 15) is 16.8 Å². The third-order valence-electron chi connectivity index (χ3n) is 4.43. The molecule has 0 aliphatic heterocycles. The second-order valence-corrected chi connectivity index (χ2v) is 9.93. The van der Waals surface area contributed by atoms with Gasteiger partial charge in [0.2, 0.25) is 20.0 Å². The summed E-state index contributed by atoms with van der Waals surface area (Å²) in [4.78, 5) is 0.0396. The second-order valence-electron chi connectivity index (χ2n) is 6.28. The molecule has 0 amide bonds. The molecule has 1 aromatic rings. The molecule has 1 fully saturated rings. The highest BCUT2D eigenvalue weighted by Crippen LogP contribution is 2.25. The van der Waals surface area contributed by atoms with Crippen LogP contribution in [0.1, 0.15) is 38.5 Å². The molecule has 25 heavy (non-hydrogen) atoms. The minimum Gasteiger partial charge on any atom is -0.324 e. The largest absolute Gasteiger partial charge is 0.324 e. The van der Waals surface area contributed by atoms with Gasteiger partial charge < -0.3 is 5.73 Å². The van der Waals surface area contributed by atoms with Crippen molar-refractivity contribution in [1.82, 2.24) is 9.44 Å². The SMILES string of the molecule is CNS(=O)(=O)c1ccc(S(=O)(=O)NCC2(N)CCCCCC2)cc1.Cl. The Kier molecular flexibility index (Phi) is 7.85. The molecule has 1 saturated carbocycles. The van der Waals surface area contributed by atoms with Gasteiger partial charge in [0.15, 0.2) is 0 Å². The molecule has 0 bridgehead atoms. The van der Waals surface area contributed by atoms with Gasteiger partial charge in [-0.2, -0.15) is 0 Å². The van der Waals surface area contributed by atoms with Crippen LogP contribution < -0.4 is 15.2 Å². The van der Waals surface area contributed by atoms with Crippen molar-refractivity contribution in [3.05, 3.63) is 24.3 Å². The molecule has 0 saturated heterocycles. The van der Waals surface area contributed by atoms with Gasteiger partial charge in [-0.25, -0.2) is 26.3 Å². The van der Waals surface area contributed by atoms with Crippen molar-refractivity contribution in [1.29, 1.82) is 0 Å². The lowest BCUT2D eigenvalue weighted by Gasteiger charge is -2.28. The van der Waals surface area contributed by atoms with Gasteiger partial charge in [-0.15, -0.1) is 12.4 Å². The number of nitrogens with two attached hydrogens (primary N) is 1. The molecule has 0 atom stereocenters. The number of nitrogens with one attached hydrogen (secondary N) is 2. The fourth-order valence-corrected chi connectivity index (χ4v) is 4.72. The number of hydrogen-bond acceptors (Lipinski definition) is 5. The molecule has 0 spiro atoms. The van der Waals surface area contributed by atoms with Gasteiger partial charge in [-0.3, -0.25) is 0 Å². The topological polar surface area (TPSA) is 118 Å². The molecule has 7 nitrogen and oxygen atoms in total. The minimum absolute atomic E-state index is 0. The van der Waals surface area contributed by atoms with Gasteiger partial charge in [-0.05, 0) is 44.2 Å². The smallest absolute Gasteiger partial charge is 0.240 e. The molecular weight excluding hydrogens is 386 g/mol. The van der Waals surface area contributed by atoms with Crippen LogP contribution in [0.3, 0.4) is 0 Å². The Labute approximate surface area is 156 Å². The summed E-state index contributed by atoms with van der Waals surface area (Å²) < 4.78 is 52.9. The van der Waals surface area contributed by atoms with Gasteiger partial charge in [0.1, 0.15) is 0 Å². The lowest BCUT2D eigenvalue weighted by molar-refractivity contribution is 0.369. The second kappa shape index (κ2) is 8.79. The highest BCUT2D eigenvalue weighted by molar-refractivity contribution is 7.90. The van der Waals surface area contributed by atoms with Crippen LogP contribution in [0.4, 0.5) is 0 Å². The van der Waals surface area contributed by atoms with Crippen LogP contribution in [0.15, 0.2) is 34.1 Å². The Morgan fingerprint density at radius 2 is 1.36 bits per heavy atom. The molecule has 2 rings (SSSR count). The number of hydrogen-bond donors (Lipinski definition) is 3. The van der Waals surface area contributed by atoms with E-state index in [0.29, 0.717) is 0 Å². The number of rotatable bonds is 6. The summed E-state index contributed by atoms with van der Waals surface area (Å²) in [5.74, 6) is 0. The van der Waals surface area contributed by atoms with Crippen molar-refractivity contribution in [2.24, 2.45) is 5.73 Å². The number of halogens is 1. The number of benzene rings is 1. The van der Waals surface area contributed by atoms with Crippen LogP contribution in [0.25, 0.3) is 0 Å². The summed E-state index contributed by atoms with van der Waals surface area (Å²) in [6, 6.07) is 5.10. The first kappa shape index (κ1) is 22.3. The molecule has 144 valence electrons.